The van der Waals surface area contributed by atoms with Crippen LogP contribution >= 0.6 is 15.9 Å². The molecule has 0 aliphatic carbocycles. The second-order valence-electron chi connectivity index (χ2n) is 5.74. The van der Waals surface area contributed by atoms with Crippen molar-refractivity contribution < 1.29 is 14.0 Å². The van der Waals surface area contributed by atoms with Gasteiger partial charge in [0.1, 0.15) is 5.75 Å². The normalized spacial score (nSPS) is 20.6. The van der Waals surface area contributed by atoms with Crippen LogP contribution in [0.5, 0.6) is 5.75 Å². The summed E-state index contributed by atoms with van der Waals surface area (Å²) < 4.78 is 18.6. The Morgan fingerprint density at radius 3 is 2.21 bits per heavy atom. The molecule has 0 atom stereocenters. The van der Waals surface area contributed by atoms with Gasteiger partial charge in [0.05, 0.1) is 17.8 Å². The molecule has 0 bridgehead atoms. The predicted molar refractivity (Wildman–Crippen MR) is 81.0 cm³/mol. The van der Waals surface area contributed by atoms with Gasteiger partial charge in [0.25, 0.3) is 0 Å². The fourth-order valence-corrected chi connectivity index (χ4v) is 2.44. The lowest BCUT2D eigenvalue weighted by molar-refractivity contribution is 0.00578. The maximum atomic E-state index is 6.04. The second kappa shape index (κ2) is 5.11. The molecule has 1 aliphatic rings. The van der Waals surface area contributed by atoms with Crippen LogP contribution in [0.25, 0.3) is 0 Å². The summed E-state index contributed by atoms with van der Waals surface area (Å²) in [6, 6.07) is 5.92. The third kappa shape index (κ3) is 2.98. The Balaban J connectivity index is 2.29. The van der Waals surface area contributed by atoms with E-state index in [2.05, 4.69) is 43.6 Å². The summed E-state index contributed by atoms with van der Waals surface area (Å²) in [4.78, 5) is 0. The third-order valence-corrected chi connectivity index (χ3v) is 4.19. The number of hydrogen-bond acceptors (Lipinski definition) is 3. The van der Waals surface area contributed by atoms with Gasteiger partial charge in [0, 0.05) is 4.47 Å². The first-order valence-corrected chi connectivity index (χ1v) is 7.33. The molecule has 1 fully saturated rings. The van der Waals surface area contributed by atoms with Crippen molar-refractivity contribution in [1.82, 2.24) is 0 Å². The first-order chi connectivity index (χ1) is 8.75. The van der Waals surface area contributed by atoms with Crippen LogP contribution in [0.15, 0.2) is 22.7 Å². The molecule has 1 aliphatic heterocycles. The van der Waals surface area contributed by atoms with E-state index in [1.807, 2.05) is 25.1 Å². The van der Waals surface area contributed by atoms with Gasteiger partial charge in [0.2, 0.25) is 0 Å². The molecule has 1 saturated heterocycles. The van der Waals surface area contributed by atoms with Gasteiger partial charge in [-0.25, -0.2) is 0 Å². The Kier molecular flexibility index (Phi) is 4.01. The van der Waals surface area contributed by atoms with Crippen molar-refractivity contribution in [3.63, 3.8) is 0 Å². The van der Waals surface area contributed by atoms with Crippen LogP contribution in [-0.4, -0.2) is 24.9 Å². The monoisotopic (exact) mass is 326 g/mol. The van der Waals surface area contributed by atoms with E-state index in [4.69, 9.17) is 14.0 Å². The van der Waals surface area contributed by atoms with E-state index < -0.39 is 0 Å². The lowest BCUT2D eigenvalue weighted by Gasteiger charge is -2.32. The Bertz CT molecular complexity index is 458. The molecular formula is C14H20BBrO3. The Morgan fingerprint density at radius 2 is 1.68 bits per heavy atom. The van der Waals surface area contributed by atoms with Crippen LogP contribution in [0.4, 0.5) is 0 Å². The minimum Gasteiger partial charge on any atom is -0.494 e. The standard InChI is InChI=1S/C14H20BBrO3/c1-6-17-12-8-10(7-11(16)9-12)15-18-13(2,3)14(4,5)19-15/h7-9H,6H2,1-5H3. The fourth-order valence-electron chi connectivity index (χ4n) is 1.95. The molecule has 2 rings (SSSR count). The molecule has 0 aromatic heterocycles. The van der Waals surface area contributed by atoms with Gasteiger partial charge < -0.3 is 14.0 Å². The molecule has 5 heteroatoms. The summed E-state index contributed by atoms with van der Waals surface area (Å²) in [5.41, 5.74) is 0.314. The van der Waals surface area contributed by atoms with E-state index in [1.54, 1.807) is 0 Å². The molecule has 0 amide bonds. The lowest BCUT2D eigenvalue weighted by Crippen LogP contribution is -2.41. The average molecular weight is 327 g/mol. The molecule has 0 radical (unpaired) electrons. The van der Waals surface area contributed by atoms with E-state index >= 15 is 0 Å². The van der Waals surface area contributed by atoms with Gasteiger partial charge >= 0.3 is 7.12 Å². The largest absolute Gasteiger partial charge is 0.495 e. The highest BCUT2D eigenvalue weighted by Crippen LogP contribution is 2.36. The second-order valence-corrected chi connectivity index (χ2v) is 6.66. The van der Waals surface area contributed by atoms with Gasteiger partial charge in [-0.15, -0.1) is 0 Å². The molecule has 3 nitrogen and oxygen atoms in total. The van der Waals surface area contributed by atoms with Crippen LogP contribution in [0.1, 0.15) is 34.6 Å². The molecule has 104 valence electrons. The van der Waals surface area contributed by atoms with Crippen molar-refractivity contribution in [3.05, 3.63) is 22.7 Å². The van der Waals surface area contributed by atoms with E-state index in [0.717, 1.165) is 15.7 Å². The maximum Gasteiger partial charge on any atom is 0.495 e. The van der Waals surface area contributed by atoms with Crippen LogP contribution in [0.2, 0.25) is 0 Å². The molecule has 0 unspecified atom stereocenters. The summed E-state index contributed by atoms with van der Waals surface area (Å²) in [5, 5.41) is 0. The molecule has 1 aromatic carbocycles. The Hall–Kier alpha value is -0.515. The van der Waals surface area contributed by atoms with E-state index in [0.29, 0.717) is 6.61 Å². The smallest absolute Gasteiger partial charge is 0.494 e. The Morgan fingerprint density at radius 1 is 1.11 bits per heavy atom. The van der Waals surface area contributed by atoms with Crippen molar-refractivity contribution in [2.24, 2.45) is 0 Å². The van der Waals surface area contributed by atoms with Crippen molar-refractivity contribution >= 4 is 28.5 Å². The van der Waals surface area contributed by atoms with E-state index in [9.17, 15) is 0 Å². The van der Waals surface area contributed by atoms with Crippen molar-refractivity contribution in [2.75, 3.05) is 6.61 Å². The average Bonchev–Trinajstić information content (AvgIpc) is 2.48. The van der Waals surface area contributed by atoms with Gasteiger partial charge in [0.15, 0.2) is 0 Å². The molecular weight excluding hydrogens is 307 g/mol. The van der Waals surface area contributed by atoms with Crippen LogP contribution in [0.3, 0.4) is 0 Å². The zero-order valence-corrected chi connectivity index (χ0v) is 13.7. The highest BCUT2D eigenvalue weighted by Gasteiger charge is 2.51. The summed E-state index contributed by atoms with van der Waals surface area (Å²) >= 11 is 3.50. The van der Waals surface area contributed by atoms with Crippen LogP contribution in [0, 0.1) is 0 Å². The number of hydrogen-bond donors (Lipinski definition) is 0. The van der Waals surface area contributed by atoms with Crippen molar-refractivity contribution in [2.45, 2.75) is 45.8 Å². The van der Waals surface area contributed by atoms with E-state index in [-0.39, 0.29) is 18.3 Å². The van der Waals surface area contributed by atoms with Gasteiger partial charge in [-0.2, -0.15) is 0 Å². The zero-order valence-electron chi connectivity index (χ0n) is 12.1. The van der Waals surface area contributed by atoms with Crippen LogP contribution in [-0.2, 0) is 9.31 Å². The van der Waals surface area contributed by atoms with Gasteiger partial charge in [-0.1, -0.05) is 15.9 Å². The van der Waals surface area contributed by atoms with Gasteiger partial charge in [-0.3, -0.25) is 0 Å². The number of ether oxygens (including phenoxy) is 1. The summed E-state index contributed by atoms with van der Waals surface area (Å²) in [6.45, 7) is 10.8. The number of benzene rings is 1. The summed E-state index contributed by atoms with van der Waals surface area (Å²) in [6.07, 6.45) is 0. The van der Waals surface area contributed by atoms with Gasteiger partial charge in [-0.05, 0) is 58.3 Å². The highest BCUT2D eigenvalue weighted by molar-refractivity contribution is 9.10. The third-order valence-electron chi connectivity index (χ3n) is 3.73. The first-order valence-electron chi connectivity index (χ1n) is 6.54. The molecule has 19 heavy (non-hydrogen) atoms. The maximum absolute atomic E-state index is 6.04. The summed E-state index contributed by atoms with van der Waals surface area (Å²) in [7, 11) is -0.360. The number of halogens is 1. The zero-order chi connectivity index (χ0) is 14.3. The van der Waals surface area contributed by atoms with Crippen molar-refractivity contribution in [1.29, 1.82) is 0 Å². The molecule has 0 saturated carbocycles. The lowest BCUT2D eigenvalue weighted by atomic mass is 9.79. The highest BCUT2D eigenvalue weighted by atomic mass is 79.9. The van der Waals surface area contributed by atoms with Crippen molar-refractivity contribution in [3.8, 4) is 5.75 Å². The SMILES string of the molecule is CCOc1cc(Br)cc(B2OC(C)(C)C(C)(C)O2)c1. The fraction of sp³-hybridized carbons (Fsp3) is 0.571. The molecule has 0 N–H and O–H groups in total. The Labute approximate surface area is 123 Å². The summed E-state index contributed by atoms with van der Waals surface area (Å²) in [5.74, 6) is 0.821. The van der Waals surface area contributed by atoms with Crippen LogP contribution < -0.4 is 10.2 Å². The van der Waals surface area contributed by atoms with E-state index in [1.165, 1.54) is 0 Å². The minimum absolute atomic E-state index is 0.328. The molecule has 1 aromatic rings. The topological polar surface area (TPSA) is 27.7 Å². The minimum atomic E-state index is -0.360. The first kappa shape index (κ1) is 14.9. The predicted octanol–water partition coefficient (Wildman–Crippen LogP) is 3.15. The molecule has 0 spiro atoms. The number of rotatable bonds is 3. The molecule has 1 heterocycles. The quantitative estimate of drug-likeness (QED) is 0.799.